The van der Waals surface area contributed by atoms with Crippen molar-refractivity contribution in [2.75, 3.05) is 18.0 Å². The number of nitrogens with one attached hydrogen (secondary N) is 1. The minimum absolute atomic E-state index is 0.00818. The molecule has 3 aromatic carbocycles. The van der Waals surface area contributed by atoms with Crippen LogP contribution >= 0.6 is 0 Å². The fourth-order valence-corrected chi connectivity index (χ4v) is 5.76. The first-order chi connectivity index (χ1) is 19.9. The highest BCUT2D eigenvalue weighted by Gasteiger charge is 2.40. The van der Waals surface area contributed by atoms with E-state index in [1.165, 1.54) is 0 Å². The number of fused-ring (bicyclic) bond motifs is 1. The maximum absolute atomic E-state index is 13.5. The second-order valence-electron chi connectivity index (χ2n) is 10.6. The Labute approximate surface area is 237 Å². The number of urea groups is 1. The molecule has 3 aliphatic heterocycles. The van der Waals surface area contributed by atoms with Crippen LogP contribution in [0.5, 0.6) is 5.75 Å². The fraction of sp³-hybridized carbons (Fsp3) is 0.323. The number of ether oxygens (including phenoxy) is 1. The summed E-state index contributed by atoms with van der Waals surface area (Å²) in [7, 11) is 0. The quantitative estimate of drug-likeness (QED) is 0.365. The molecule has 0 spiro atoms. The Bertz CT molecular complexity index is 1480. The van der Waals surface area contributed by atoms with Gasteiger partial charge in [0.2, 0.25) is 11.8 Å². The summed E-state index contributed by atoms with van der Waals surface area (Å²) in [4.78, 5) is 42.6. The monoisotopic (exact) mass is 556 g/mol. The summed E-state index contributed by atoms with van der Waals surface area (Å²) in [5.74, 6) is -0.0410. The molecule has 41 heavy (non-hydrogen) atoms. The van der Waals surface area contributed by atoms with Crippen molar-refractivity contribution in [3.63, 3.8) is 0 Å². The lowest BCUT2D eigenvalue weighted by Crippen LogP contribution is -2.51. The number of anilines is 1. The minimum Gasteiger partial charge on any atom is -0.487 e. The summed E-state index contributed by atoms with van der Waals surface area (Å²) < 4.78 is 6.09. The van der Waals surface area contributed by atoms with Gasteiger partial charge in [0, 0.05) is 32.6 Å². The second kappa shape index (κ2) is 11.3. The molecule has 0 aromatic heterocycles. The number of hydrogen-bond donors (Lipinski definition) is 3. The van der Waals surface area contributed by atoms with Crippen molar-refractivity contribution in [3.05, 3.63) is 94.5 Å². The molecule has 4 amide bonds. The lowest BCUT2D eigenvalue weighted by molar-refractivity contribution is -0.141. The number of imide groups is 1. The fourth-order valence-electron chi connectivity index (χ4n) is 5.76. The van der Waals surface area contributed by atoms with Gasteiger partial charge in [-0.25, -0.2) is 4.79 Å². The maximum Gasteiger partial charge on any atom is 0.325 e. The summed E-state index contributed by atoms with van der Waals surface area (Å²) in [5, 5.41) is 22.5. The number of aliphatic hydroxyl groups excluding tert-OH is 2. The van der Waals surface area contributed by atoms with Gasteiger partial charge < -0.3 is 19.8 Å². The zero-order chi connectivity index (χ0) is 28.5. The van der Waals surface area contributed by atoms with E-state index < -0.39 is 12.3 Å². The topological polar surface area (TPSA) is 123 Å². The Kier molecular flexibility index (Phi) is 7.44. The molecule has 0 aliphatic carbocycles. The first-order valence-corrected chi connectivity index (χ1v) is 13.8. The molecule has 2 unspecified atom stereocenters. The molecule has 6 rings (SSSR count). The minimum atomic E-state index is -0.920. The van der Waals surface area contributed by atoms with E-state index in [0.29, 0.717) is 50.6 Å². The van der Waals surface area contributed by atoms with Gasteiger partial charge in [0.25, 0.3) is 0 Å². The number of amides is 4. The number of carbonyl (C=O) groups excluding carboxylic acids is 3. The van der Waals surface area contributed by atoms with E-state index in [4.69, 9.17) is 4.74 Å². The van der Waals surface area contributed by atoms with Gasteiger partial charge in [-0.2, -0.15) is 0 Å². The van der Waals surface area contributed by atoms with Gasteiger partial charge in [-0.1, -0.05) is 54.6 Å². The number of nitrogens with zero attached hydrogens (tertiary/aromatic N) is 3. The van der Waals surface area contributed by atoms with Crippen LogP contribution in [-0.2, 0) is 35.9 Å². The predicted octanol–water partition coefficient (Wildman–Crippen LogP) is 2.81. The van der Waals surface area contributed by atoms with Crippen LogP contribution in [0.25, 0.3) is 0 Å². The Morgan fingerprint density at radius 1 is 0.927 bits per heavy atom. The van der Waals surface area contributed by atoms with Gasteiger partial charge >= 0.3 is 6.03 Å². The lowest BCUT2D eigenvalue weighted by Gasteiger charge is -2.31. The number of rotatable bonds is 8. The Morgan fingerprint density at radius 2 is 1.68 bits per heavy atom. The first kappa shape index (κ1) is 26.9. The van der Waals surface area contributed by atoms with Crippen molar-refractivity contribution in [2.45, 2.75) is 51.4 Å². The van der Waals surface area contributed by atoms with Crippen LogP contribution in [0.3, 0.4) is 0 Å². The summed E-state index contributed by atoms with van der Waals surface area (Å²) in [5.41, 5.74) is 5.10. The molecule has 0 saturated carbocycles. The summed E-state index contributed by atoms with van der Waals surface area (Å²) in [6.45, 7) is 2.22. The Balaban J connectivity index is 1.11. The number of carbonyl (C=O) groups is 3. The zero-order valence-corrected chi connectivity index (χ0v) is 22.5. The molecule has 3 aromatic rings. The highest BCUT2D eigenvalue weighted by Crippen LogP contribution is 2.36. The molecule has 0 radical (unpaired) electrons. The Morgan fingerprint density at radius 3 is 2.46 bits per heavy atom. The van der Waals surface area contributed by atoms with E-state index in [9.17, 15) is 24.6 Å². The third kappa shape index (κ3) is 5.41. The van der Waals surface area contributed by atoms with Crippen molar-refractivity contribution in [1.82, 2.24) is 15.1 Å². The van der Waals surface area contributed by atoms with E-state index in [2.05, 4.69) is 5.32 Å². The third-order valence-corrected chi connectivity index (χ3v) is 7.99. The zero-order valence-electron chi connectivity index (χ0n) is 22.5. The summed E-state index contributed by atoms with van der Waals surface area (Å²) in [6, 6.07) is 20.1. The van der Waals surface area contributed by atoms with E-state index in [-0.39, 0.29) is 30.9 Å². The van der Waals surface area contributed by atoms with Crippen LogP contribution < -0.4 is 15.0 Å². The standard InChI is InChI=1S/C31H32N4O6/c36-18-20-5-7-21(8-6-20)19-41-27-4-2-1-3-25(27)34-14-13-33(31(34)40)16-22-9-10-24-23(15-22)17-35(30(24)39)26-11-12-28(37)32-29(26)38/h1-10,15,26,30,36,39H,11-14,16-19H2,(H,32,37,38). The van der Waals surface area contributed by atoms with Crippen LogP contribution in [0.1, 0.15) is 46.9 Å². The van der Waals surface area contributed by atoms with Crippen LogP contribution in [0.2, 0.25) is 0 Å². The highest BCUT2D eigenvalue weighted by molar-refractivity contribution is 6.00. The number of hydrogen-bond acceptors (Lipinski definition) is 7. The molecular formula is C31H32N4O6. The number of piperidine rings is 1. The number of para-hydroxylation sites is 2. The Hall–Kier alpha value is -4.25. The average Bonchev–Trinajstić information content (AvgIpc) is 3.50. The van der Waals surface area contributed by atoms with Crippen molar-refractivity contribution < 1.29 is 29.3 Å². The lowest BCUT2D eigenvalue weighted by atomic mass is 10.0. The molecule has 3 N–H and O–H groups in total. The van der Waals surface area contributed by atoms with Gasteiger partial charge in [-0.05, 0) is 46.4 Å². The van der Waals surface area contributed by atoms with Crippen molar-refractivity contribution in [3.8, 4) is 5.75 Å². The molecule has 10 nitrogen and oxygen atoms in total. The van der Waals surface area contributed by atoms with Crippen LogP contribution in [-0.4, -0.2) is 57.0 Å². The molecule has 2 fully saturated rings. The van der Waals surface area contributed by atoms with Gasteiger partial charge in [0.1, 0.15) is 18.6 Å². The number of aliphatic hydroxyl groups is 2. The largest absolute Gasteiger partial charge is 0.487 e. The smallest absolute Gasteiger partial charge is 0.325 e. The van der Waals surface area contributed by atoms with Crippen LogP contribution in [0.15, 0.2) is 66.7 Å². The second-order valence-corrected chi connectivity index (χ2v) is 10.6. The first-order valence-electron chi connectivity index (χ1n) is 13.8. The summed E-state index contributed by atoms with van der Waals surface area (Å²) in [6.07, 6.45) is -0.293. The van der Waals surface area contributed by atoms with E-state index in [0.717, 1.165) is 27.8 Å². The van der Waals surface area contributed by atoms with E-state index >= 15 is 0 Å². The SMILES string of the molecule is O=C1CCC(N2Cc3cc(CN4CCN(c5ccccc5OCc5ccc(CO)cc5)C4=O)ccc3C2O)C(=O)N1. The predicted molar refractivity (Wildman–Crippen MR) is 149 cm³/mol. The van der Waals surface area contributed by atoms with Gasteiger partial charge in [-0.3, -0.25) is 24.7 Å². The molecule has 3 heterocycles. The van der Waals surface area contributed by atoms with Crippen LogP contribution in [0, 0.1) is 0 Å². The van der Waals surface area contributed by atoms with Gasteiger partial charge in [-0.15, -0.1) is 0 Å². The summed E-state index contributed by atoms with van der Waals surface area (Å²) >= 11 is 0. The molecule has 10 heteroatoms. The third-order valence-electron chi connectivity index (χ3n) is 7.99. The van der Waals surface area contributed by atoms with Crippen molar-refractivity contribution in [1.29, 1.82) is 0 Å². The molecular weight excluding hydrogens is 524 g/mol. The van der Waals surface area contributed by atoms with E-state index in [1.54, 1.807) is 14.7 Å². The van der Waals surface area contributed by atoms with Crippen molar-refractivity contribution >= 4 is 23.5 Å². The van der Waals surface area contributed by atoms with Crippen molar-refractivity contribution in [2.24, 2.45) is 0 Å². The van der Waals surface area contributed by atoms with Gasteiger partial charge in [0.15, 0.2) is 0 Å². The molecule has 2 saturated heterocycles. The molecule has 0 bridgehead atoms. The number of benzene rings is 3. The van der Waals surface area contributed by atoms with Crippen LogP contribution in [0.4, 0.5) is 10.5 Å². The average molecular weight is 557 g/mol. The maximum atomic E-state index is 13.5. The highest BCUT2D eigenvalue weighted by atomic mass is 16.5. The van der Waals surface area contributed by atoms with E-state index in [1.807, 2.05) is 66.7 Å². The normalized spacial score (nSPS) is 20.9. The molecule has 2 atom stereocenters. The molecule has 212 valence electrons. The molecule has 3 aliphatic rings. The van der Waals surface area contributed by atoms with Gasteiger partial charge in [0.05, 0.1) is 18.3 Å².